The average molecular weight is 538 g/mol. The third kappa shape index (κ3) is 12.6. The molecule has 1 amide bonds. The van der Waals surface area contributed by atoms with Crippen LogP contribution in [-0.4, -0.2) is 42.5 Å². The standard InChI is InChI=1S/C25H42F7NO3/c1-4-5-6-7-8-9-10-11-12-13-14-15-16-17-36-21(34)20(18-19(2)3)33-22(35)23(26,27)24(28,29)25(30,31)32/h19-20H,4-18H2,1-3H3,(H,33,35). The first-order valence-electron chi connectivity index (χ1n) is 13.0. The number of amides is 1. The van der Waals surface area contributed by atoms with Crippen LogP contribution in [0.25, 0.3) is 0 Å². The SMILES string of the molecule is CCCCCCCCCCCCCCCOC(=O)C(CC(C)C)NC(=O)C(F)(F)C(F)(F)C(F)(F)F. The molecule has 0 heterocycles. The first-order valence-corrected chi connectivity index (χ1v) is 13.0. The molecule has 214 valence electrons. The lowest BCUT2D eigenvalue weighted by Crippen LogP contribution is -2.61. The highest BCUT2D eigenvalue weighted by Gasteiger charge is 2.76. The second kappa shape index (κ2) is 17.1. The molecule has 0 saturated carbocycles. The van der Waals surface area contributed by atoms with E-state index in [1.165, 1.54) is 50.3 Å². The zero-order valence-electron chi connectivity index (χ0n) is 21.6. The van der Waals surface area contributed by atoms with E-state index < -0.39 is 35.9 Å². The fourth-order valence-corrected chi connectivity index (χ4v) is 3.65. The molecule has 0 rings (SSSR count). The number of carbonyl (C=O) groups excluding carboxylic acids is 2. The van der Waals surface area contributed by atoms with E-state index in [0.29, 0.717) is 6.42 Å². The summed E-state index contributed by atoms with van der Waals surface area (Å²) in [5.74, 6) is -17.1. The number of rotatable bonds is 20. The van der Waals surface area contributed by atoms with Gasteiger partial charge in [0.25, 0.3) is 5.91 Å². The molecular weight excluding hydrogens is 495 g/mol. The van der Waals surface area contributed by atoms with Gasteiger partial charge in [-0.15, -0.1) is 0 Å². The lowest BCUT2D eigenvalue weighted by molar-refractivity contribution is -0.344. The van der Waals surface area contributed by atoms with Gasteiger partial charge in [-0.25, -0.2) is 4.79 Å². The lowest BCUT2D eigenvalue weighted by atomic mass is 10.0. The molecule has 0 saturated heterocycles. The third-order valence-electron chi connectivity index (χ3n) is 5.82. The van der Waals surface area contributed by atoms with Crippen LogP contribution >= 0.6 is 0 Å². The Morgan fingerprint density at radius 3 is 1.53 bits per heavy atom. The summed E-state index contributed by atoms with van der Waals surface area (Å²) in [7, 11) is 0. The molecule has 0 aliphatic carbocycles. The second-order valence-electron chi connectivity index (χ2n) is 9.71. The van der Waals surface area contributed by atoms with E-state index in [-0.39, 0.29) is 18.9 Å². The van der Waals surface area contributed by atoms with Crippen molar-refractivity contribution in [2.24, 2.45) is 5.92 Å². The number of hydrogen-bond acceptors (Lipinski definition) is 3. The number of alkyl halides is 7. The average Bonchev–Trinajstić information content (AvgIpc) is 2.77. The van der Waals surface area contributed by atoms with Crippen LogP contribution in [0, 0.1) is 5.92 Å². The summed E-state index contributed by atoms with van der Waals surface area (Å²) in [6.45, 7) is 5.23. The topological polar surface area (TPSA) is 55.4 Å². The van der Waals surface area contributed by atoms with Crippen molar-refractivity contribution in [3.8, 4) is 0 Å². The van der Waals surface area contributed by atoms with Gasteiger partial charge in [-0.05, 0) is 18.8 Å². The first kappa shape index (κ1) is 34.5. The minimum atomic E-state index is -6.64. The first-order chi connectivity index (χ1) is 16.7. The van der Waals surface area contributed by atoms with Crippen LogP contribution in [0.2, 0.25) is 0 Å². The van der Waals surface area contributed by atoms with Gasteiger partial charge in [0, 0.05) is 0 Å². The predicted octanol–water partition coefficient (Wildman–Crippen LogP) is 7.98. The fraction of sp³-hybridized carbons (Fsp3) is 0.920. The fourth-order valence-electron chi connectivity index (χ4n) is 3.65. The Morgan fingerprint density at radius 1 is 0.722 bits per heavy atom. The van der Waals surface area contributed by atoms with Gasteiger partial charge in [-0.1, -0.05) is 97.8 Å². The number of unbranched alkanes of at least 4 members (excludes halogenated alkanes) is 12. The quantitative estimate of drug-likeness (QED) is 0.0973. The molecule has 0 aromatic heterocycles. The van der Waals surface area contributed by atoms with Gasteiger partial charge in [-0.2, -0.15) is 30.7 Å². The van der Waals surface area contributed by atoms with Gasteiger partial charge in [0.1, 0.15) is 6.04 Å². The Kier molecular flexibility index (Phi) is 16.3. The summed E-state index contributed by atoms with van der Waals surface area (Å²) < 4.78 is 95.4. The summed E-state index contributed by atoms with van der Waals surface area (Å²) in [5.41, 5.74) is 0. The number of hydrogen-bond donors (Lipinski definition) is 1. The van der Waals surface area contributed by atoms with E-state index in [0.717, 1.165) is 32.1 Å². The van der Waals surface area contributed by atoms with Crippen LogP contribution in [0.5, 0.6) is 0 Å². The molecule has 0 fully saturated rings. The lowest BCUT2D eigenvalue weighted by Gasteiger charge is -2.28. The molecule has 0 aliphatic rings. The van der Waals surface area contributed by atoms with Crippen molar-refractivity contribution in [1.29, 1.82) is 0 Å². The van der Waals surface area contributed by atoms with Crippen LogP contribution in [-0.2, 0) is 14.3 Å². The summed E-state index contributed by atoms with van der Waals surface area (Å²) in [4.78, 5) is 23.8. The molecule has 0 aliphatic heterocycles. The Labute approximate surface area is 210 Å². The Balaban J connectivity index is 4.35. The van der Waals surface area contributed by atoms with E-state index in [9.17, 15) is 40.3 Å². The van der Waals surface area contributed by atoms with Crippen LogP contribution < -0.4 is 5.32 Å². The number of halogens is 7. The third-order valence-corrected chi connectivity index (χ3v) is 5.82. The summed E-state index contributed by atoms with van der Waals surface area (Å²) >= 11 is 0. The molecule has 0 bridgehead atoms. The van der Waals surface area contributed by atoms with Gasteiger partial charge >= 0.3 is 24.0 Å². The summed E-state index contributed by atoms with van der Waals surface area (Å²) in [5, 5.41) is 1.32. The van der Waals surface area contributed by atoms with Crippen LogP contribution in [0.1, 0.15) is 111 Å². The van der Waals surface area contributed by atoms with Crippen LogP contribution in [0.4, 0.5) is 30.7 Å². The van der Waals surface area contributed by atoms with Gasteiger partial charge in [0.2, 0.25) is 0 Å². The molecule has 4 nitrogen and oxygen atoms in total. The maximum Gasteiger partial charge on any atom is 0.460 e. The zero-order valence-corrected chi connectivity index (χ0v) is 21.6. The van der Waals surface area contributed by atoms with Crippen molar-refractivity contribution >= 4 is 11.9 Å². The van der Waals surface area contributed by atoms with Crippen LogP contribution in [0.15, 0.2) is 0 Å². The van der Waals surface area contributed by atoms with Gasteiger partial charge in [0.15, 0.2) is 0 Å². The molecule has 0 radical (unpaired) electrons. The highest BCUT2D eigenvalue weighted by Crippen LogP contribution is 2.46. The smallest absolute Gasteiger partial charge is 0.460 e. The van der Waals surface area contributed by atoms with Crippen molar-refractivity contribution in [3.63, 3.8) is 0 Å². The summed E-state index contributed by atoms with van der Waals surface area (Å²) in [6, 6.07) is -1.77. The van der Waals surface area contributed by atoms with E-state index >= 15 is 0 Å². The monoisotopic (exact) mass is 537 g/mol. The predicted molar refractivity (Wildman–Crippen MR) is 124 cm³/mol. The van der Waals surface area contributed by atoms with Crippen LogP contribution in [0.3, 0.4) is 0 Å². The molecule has 11 heteroatoms. The van der Waals surface area contributed by atoms with Crippen molar-refractivity contribution in [1.82, 2.24) is 5.32 Å². The van der Waals surface area contributed by atoms with Gasteiger partial charge in [0.05, 0.1) is 6.61 Å². The molecule has 0 aromatic rings. The highest BCUT2D eigenvalue weighted by atomic mass is 19.4. The molecule has 0 spiro atoms. The van der Waals surface area contributed by atoms with E-state index in [4.69, 9.17) is 4.74 Å². The molecule has 1 N–H and O–H groups in total. The largest absolute Gasteiger partial charge is 0.464 e. The van der Waals surface area contributed by atoms with E-state index in [1.54, 1.807) is 13.8 Å². The molecule has 1 atom stereocenters. The van der Waals surface area contributed by atoms with Crippen molar-refractivity contribution in [2.75, 3.05) is 6.61 Å². The number of esters is 1. The van der Waals surface area contributed by atoms with E-state index in [1.807, 2.05) is 0 Å². The maximum atomic E-state index is 13.6. The van der Waals surface area contributed by atoms with E-state index in [2.05, 4.69) is 6.92 Å². The summed E-state index contributed by atoms with van der Waals surface area (Å²) in [6.07, 6.45) is 7.37. The minimum absolute atomic E-state index is 0.0733. The second-order valence-corrected chi connectivity index (χ2v) is 9.71. The zero-order chi connectivity index (χ0) is 27.8. The Hall–Kier alpha value is -1.55. The van der Waals surface area contributed by atoms with Gasteiger partial charge in [-0.3, -0.25) is 4.79 Å². The van der Waals surface area contributed by atoms with Gasteiger partial charge < -0.3 is 10.1 Å². The highest BCUT2D eigenvalue weighted by molar-refractivity contribution is 5.89. The molecule has 36 heavy (non-hydrogen) atoms. The number of ether oxygens (including phenoxy) is 1. The number of nitrogens with one attached hydrogen (secondary N) is 1. The Morgan fingerprint density at radius 2 is 1.14 bits per heavy atom. The van der Waals surface area contributed by atoms with Crippen molar-refractivity contribution < 1.29 is 45.1 Å². The normalized spacial score (nSPS) is 13.6. The van der Waals surface area contributed by atoms with Crippen molar-refractivity contribution in [2.45, 2.75) is 135 Å². The minimum Gasteiger partial charge on any atom is -0.464 e. The molecule has 1 unspecified atom stereocenters. The molecule has 0 aromatic carbocycles. The maximum absolute atomic E-state index is 13.6. The molecular formula is C25H42F7NO3. The van der Waals surface area contributed by atoms with Crippen molar-refractivity contribution in [3.05, 3.63) is 0 Å². The number of carbonyl (C=O) groups is 2. The Bertz CT molecular complexity index is 625.